The van der Waals surface area contributed by atoms with Gasteiger partial charge in [-0.2, -0.15) is 0 Å². The van der Waals surface area contributed by atoms with Gasteiger partial charge in [0.05, 0.1) is 12.0 Å². The second kappa shape index (κ2) is 7.39. The molecule has 0 bridgehead atoms. The Labute approximate surface area is 121 Å². The Bertz CT molecular complexity index is 431. The maximum absolute atomic E-state index is 13.0. The van der Waals surface area contributed by atoms with Crippen molar-refractivity contribution in [3.63, 3.8) is 0 Å². The number of carbonyl (C=O) groups is 1. The monoisotopic (exact) mass is 280 g/mol. The second-order valence-corrected chi connectivity index (χ2v) is 5.44. The molecule has 0 spiro atoms. The molecule has 1 rings (SSSR count). The Hall–Kier alpha value is -1.42. The smallest absolute Gasteiger partial charge is 0.227 e. The van der Waals surface area contributed by atoms with Gasteiger partial charge in [-0.05, 0) is 37.5 Å². The molecule has 0 aliphatic rings. The Morgan fingerprint density at radius 3 is 2.20 bits per heavy atom. The number of hydrogen-bond donors (Lipinski definition) is 1. The van der Waals surface area contributed by atoms with Crippen molar-refractivity contribution in [2.24, 2.45) is 17.6 Å². The molecule has 2 unspecified atom stereocenters. The molecule has 0 aliphatic carbocycles. The number of benzene rings is 1. The van der Waals surface area contributed by atoms with Crippen LogP contribution >= 0.6 is 0 Å². The molecule has 0 aliphatic heterocycles. The van der Waals surface area contributed by atoms with E-state index in [9.17, 15) is 9.18 Å². The third-order valence-electron chi connectivity index (χ3n) is 3.82. The predicted octanol–water partition coefficient (Wildman–Crippen LogP) is 2.97. The normalized spacial score (nSPS) is 14.2. The Kier molecular flexibility index (Phi) is 6.14. The lowest BCUT2D eigenvalue weighted by atomic mass is 9.93. The van der Waals surface area contributed by atoms with Crippen molar-refractivity contribution in [2.45, 2.75) is 33.7 Å². The van der Waals surface area contributed by atoms with Crippen molar-refractivity contribution in [3.8, 4) is 0 Å². The molecule has 112 valence electrons. The molecule has 4 heteroatoms. The summed E-state index contributed by atoms with van der Waals surface area (Å²) in [7, 11) is 0. The van der Waals surface area contributed by atoms with Gasteiger partial charge in [-0.25, -0.2) is 4.39 Å². The highest BCUT2D eigenvalue weighted by molar-refractivity contribution is 5.79. The quantitative estimate of drug-likeness (QED) is 0.870. The zero-order valence-corrected chi connectivity index (χ0v) is 12.8. The van der Waals surface area contributed by atoms with Crippen LogP contribution in [-0.2, 0) is 4.79 Å². The second-order valence-electron chi connectivity index (χ2n) is 5.44. The van der Waals surface area contributed by atoms with Gasteiger partial charge in [-0.3, -0.25) is 4.79 Å². The number of hydrogen-bond acceptors (Lipinski definition) is 2. The average Bonchev–Trinajstić information content (AvgIpc) is 2.40. The van der Waals surface area contributed by atoms with Crippen LogP contribution in [0.5, 0.6) is 0 Å². The summed E-state index contributed by atoms with van der Waals surface area (Å²) in [6.45, 7) is 8.88. The lowest BCUT2D eigenvalue weighted by Gasteiger charge is -2.33. The van der Waals surface area contributed by atoms with E-state index in [1.807, 2.05) is 32.6 Å². The zero-order chi connectivity index (χ0) is 15.3. The lowest BCUT2D eigenvalue weighted by molar-refractivity contribution is -0.138. The largest absolute Gasteiger partial charge is 0.336 e. The van der Waals surface area contributed by atoms with Crippen LogP contribution < -0.4 is 5.73 Å². The predicted molar refractivity (Wildman–Crippen MR) is 79.6 cm³/mol. The topological polar surface area (TPSA) is 46.3 Å². The van der Waals surface area contributed by atoms with Crippen LogP contribution in [0, 0.1) is 17.7 Å². The van der Waals surface area contributed by atoms with Crippen LogP contribution in [0.2, 0.25) is 0 Å². The molecule has 2 N–H and O–H groups in total. The van der Waals surface area contributed by atoms with Gasteiger partial charge in [0.2, 0.25) is 5.91 Å². The van der Waals surface area contributed by atoms with E-state index in [-0.39, 0.29) is 29.6 Å². The molecule has 0 fully saturated rings. The highest BCUT2D eigenvalue weighted by Gasteiger charge is 2.28. The number of rotatable bonds is 6. The molecular formula is C16H25FN2O. The fourth-order valence-corrected chi connectivity index (χ4v) is 2.41. The van der Waals surface area contributed by atoms with Gasteiger partial charge in [0.15, 0.2) is 0 Å². The molecule has 1 aromatic carbocycles. The summed E-state index contributed by atoms with van der Waals surface area (Å²) in [4.78, 5) is 14.4. The van der Waals surface area contributed by atoms with Crippen molar-refractivity contribution in [2.75, 3.05) is 13.1 Å². The zero-order valence-electron chi connectivity index (χ0n) is 12.8. The SMILES string of the molecule is CCN(C(=O)C(CN)C(C)C)C(C)c1ccc(F)cc1. The van der Waals surface area contributed by atoms with Crippen LogP contribution in [0.4, 0.5) is 4.39 Å². The highest BCUT2D eigenvalue weighted by atomic mass is 19.1. The number of amides is 1. The van der Waals surface area contributed by atoms with E-state index in [0.717, 1.165) is 5.56 Å². The van der Waals surface area contributed by atoms with Crippen molar-refractivity contribution < 1.29 is 9.18 Å². The Morgan fingerprint density at radius 2 is 1.80 bits per heavy atom. The van der Waals surface area contributed by atoms with Gasteiger partial charge in [-0.1, -0.05) is 26.0 Å². The molecule has 0 saturated carbocycles. The molecule has 1 amide bonds. The van der Waals surface area contributed by atoms with Crippen LogP contribution in [0.15, 0.2) is 24.3 Å². The van der Waals surface area contributed by atoms with Gasteiger partial charge in [0.25, 0.3) is 0 Å². The van der Waals surface area contributed by atoms with E-state index >= 15 is 0 Å². The van der Waals surface area contributed by atoms with Crippen LogP contribution in [0.3, 0.4) is 0 Å². The highest BCUT2D eigenvalue weighted by Crippen LogP contribution is 2.24. The molecule has 1 aromatic rings. The van der Waals surface area contributed by atoms with E-state index in [0.29, 0.717) is 13.1 Å². The summed E-state index contributed by atoms with van der Waals surface area (Å²) >= 11 is 0. The molecule has 0 heterocycles. The molecule has 2 atom stereocenters. The summed E-state index contributed by atoms with van der Waals surface area (Å²) in [5, 5.41) is 0. The first kappa shape index (κ1) is 16.6. The molecule has 0 radical (unpaired) electrons. The third-order valence-corrected chi connectivity index (χ3v) is 3.82. The standard InChI is InChI=1S/C16H25FN2O/c1-5-19(16(20)15(10-18)11(2)3)12(4)13-6-8-14(17)9-7-13/h6-9,11-12,15H,5,10,18H2,1-4H3. The molecule has 0 saturated heterocycles. The third kappa shape index (κ3) is 3.79. The molecule has 0 aromatic heterocycles. The lowest BCUT2D eigenvalue weighted by Crippen LogP contribution is -2.42. The summed E-state index contributed by atoms with van der Waals surface area (Å²) < 4.78 is 13.0. The van der Waals surface area contributed by atoms with Crippen molar-refractivity contribution >= 4 is 5.91 Å². The number of halogens is 1. The first-order valence-electron chi connectivity index (χ1n) is 7.18. The van der Waals surface area contributed by atoms with Crippen molar-refractivity contribution in [1.29, 1.82) is 0 Å². The van der Waals surface area contributed by atoms with E-state index in [1.165, 1.54) is 12.1 Å². The summed E-state index contributed by atoms with van der Waals surface area (Å²) in [6, 6.07) is 6.21. The summed E-state index contributed by atoms with van der Waals surface area (Å²) in [5.74, 6) is -0.154. The first-order chi connectivity index (χ1) is 9.42. The molecular weight excluding hydrogens is 255 g/mol. The Morgan fingerprint density at radius 1 is 1.25 bits per heavy atom. The minimum Gasteiger partial charge on any atom is -0.336 e. The van der Waals surface area contributed by atoms with Gasteiger partial charge in [0.1, 0.15) is 5.82 Å². The number of nitrogens with zero attached hydrogens (tertiary/aromatic N) is 1. The van der Waals surface area contributed by atoms with E-state index in [4.69, 9.17) is 5.73 Å². The average molecular weight is 280 g/mol. The van der Waals surface area contributed by atoms with Crippen molar-refractivity contribution in [1.82, 2.24) is 4.90 Å². The first-order valence-corrected chi connectivity index (χ1v) is 7.18. The van der Waals surface area contributed by atoms with Crippen LogP contribution in [0.25, 0.3) is 0 Å². The Balaban J connectivity index is 2.94. The fraction of sp³-hybridized carbons (Fsp3) is 0.562. The minimum atomic E-state index is -0.266. The van der Waals surface area contributed by atoms with Crippen molar-refractivity contribution in [3.05, 3.63) is 35.6 Å². The molecule has 20 heavy (non-hydrogen) atoms. The maximum atomic E-state index is 13.0. The van der Waals surface area contributed by atoms with Crippen LogP contribution in [-0.4, -0.2) is 23.9 Å². The number of nitrogens with two attached hydrogens (primary N) is 1. The minimum absolute atomic E-state index is 0.0711. The fourth-order valence-electron chi connectivity index (χ4n) is 2.41. The summed E-state index contributed by atoms with van der Waals surface area (Å²) in [6.07, 6.45) is 0. The number of carbonyl (C=O) groups excluding carboxylic acids is 1. The van der Waals surface area contributed by atoms with Gasteiger partial charge >= 0.3 is 0 Å². The van der Waals surface area contributed by atoms with E-state index in [1.54, 1.807) is 12.1 Å². The van der Waals surface area contributed by atoms with Gasteiger partial charge in [0, 0.05) is 13.1 Å². The van der Waals surface area contributed by atoms with Gasteiger partial charge < -0.3 is 10.6 Å². The summed E-state index contributed by atoms with van der Waals surface area (Å²) in [5.41, 5.74) is 6.66. The molecule has 3 nitrogen and oxygen atoms in total. The van der Waals surface area contributed by atoms with E-state index in [2.05, 4.69) is 0 Å². The van der Waals surface area contributed by atoms with Crippen LogP contribution in [0.1, 0.15) is 39.3 Å². The van der Waals surface area contributed by atoms with Gasteiger partial charge in [-0.15, -0.1) is 0 Å². The van der Waals surface area contributed by atoms with E-state index < -0.39 is 0 Å². The maximum Gasteiger partial charge on any atom is 0.227 e.